The van der Waals surface area contributed by atoms with Gasteiger partial charge in [-0.2, -0.15) is 18.4 Å². The molecule has 1 N–H and O–H groups in total. The van der Waals surface area contributed by atoms with Crippen LogP contribution in [0.15, 0.2) is 53.4 Å². The van der Waals surface area contributed by atoms with Crippen LogP contribution in [-0.4, -0.2) is 37.5 Å². The van der Waals surface area contributed by atoms with Crippen LogP contribution in [0.4, 0.5) is 18.9 Å². The van der Waals surface area contributed by atoms with Gasteiger partial charge in [0.05, 0.1) is 56.9 Å². The Morgan fingerprint density at radius 2 is 1.72 bits per heavy atom. The van der Waals surface area contributed by atoms with Crippen molar-refractivity contribution in [1.29, 1.82) is 5.26 Å². The summed E-state index contributed by atoms with van der Waals surface area (Å²) in [4.78, 5) is 27.6. The van der Waals surface area contributed by atoms with E-state index in [0.717, 1.165) is 12.1 Å². The molecule has 2 aromatic rings. The number of imide groups is 1. The smallest absolute Gasteiger partial charge is 0.366 e. The summed E-state index contributed by atoms with van der Waals surface area (Å²) in [5.74, 6) is -3.62. The minimum atomic E-state index is -4.87. The molecule has 188 valence electrons. The van der Waals surface area contributed by atoms with Crippen molar-refractivity contribution in [3.8, 4) is 6.07 Å². The van der Waals surface area contributed by atoms with Crippen molar-refractivity contribution in [2.75, 3.05) is 4.90 Å². The summed E-state index contributed by atoms with van der Waals surface area (Å²) in [7, 11) is -3.98. The maximum Gasteiger partial charge on any atom is 0.417 e. The molecule has 3 aliphatic heterocycles. The molecule has 3 saturated heterocycles. The van der Waals surface area contributed by atoms with Crippen molar-refractivity contribution in [2.24, 2.45) is 11.8 Å². The fourth-order valence-electron chi connectivity index (χ4n) is 5.83. The lowest BCUT2D eigenvalue weighted by atomic mass is 9.67. The summed E-state index contributed by atoms with van der Waals surface area (Å²) in [5.41, 5.74) is -4.83. The highest BCUT2D eigenvalue weighted by molar-refractivity contribution is 7.89. The van der Waals surface area contributed by atoms with Gasteiger partial charge in [0.25, 0.3) is 0 Å². The van der Waals surface area contributed by atoms with Gasteiger partial charge in [0.15, 0.2) is 0 Å². The predicted octanol–water partition coefficient (Wildman–Crippen LogP) is 2.98. The molecule has 3 fully saturated rings. The molecule has 36 heavy (non-hydrogen) atoms. The number of amides is 2. The maximum absolute atomic E-state index is 13.5. The zero-order valence-corrected chi connectivity index (χ0v) is 19.9. The second-order valence-corrected chi connectivity index (χ2v) is 11.3. The number of alkyl halides is 3. The number of hydrogen-bond acceptors (Lipinski definition) is 6. The zero-order valence-electron chi connectivity index (χ0n) is 19.0. The number of carbonyl (C=O) groups is 2. The summed E-state index contributed by atoms with van der Waals surface area (Å²) >= 11 is 0. The molecular formula is C24H20F3N3O5S. The van der Waals surface area contributed by atoms with Gasteiger partial charge in [-0.3, -0.25) is 9.59 Å². The van der Waals surface area contributed by atoms with E-state index in [1.54, 1.807) is 25.1 Å². The van der Waals surface area contributed by atoms with Crippen LogP contribution in [0, 0.1) is 23.2 Å². The van der Waals surface area contributed by atoms with Crippen LogP contribution >= 0.6 is 0 Å². The molecule has 5 rings (SSSR count). The summed E-state index contributed by atoms with van der Waals surface area (Å²) in [6.07, 6.45) is -4.78. The monoisotopic (exact) mass is 519 g/mol. The molecular weight excluding hydrogens is 499 g/mol. The lowest BCUT2D eigenvalue weighted by molar-refractivity contribution is -0.138. The number of anilines is 1. The molecule has 12 heteroatoms. The normalized spacial score (nSPS) is 31.6. The maximum atomic E-state index is 13.5. The summed E-state index contributed by atoms with van der Waals surface area (Å²) in [6.45, 7) is 3.14. The van der Waals surface area contributed by atoms with E-state index in [1.165, 1.54) is 25.1 Å². The highest BCUT2D eigenvalue weighted by Crippen LogP contribution is 2.61. The van der Waals surface area contributed by atoms with Crippen molar-refractivity contribution in [3.05, 3.63) is 59.7 Å². The van der Waals surface area contributed by atoms with Gasteiger partial charge in [-0.05, 0) is 50.6 Å². The van der Waals surface area contributed by atoms with Gasteiger partial charge >= 0.3 is 6.18 Å². The Kier molecular flexibility index (Phi) is 5.17. The van der Waals surface area contributed by atoms with Crippen molar-refractivity contribution in [2.45, 2.75) is 48.6 Å². The minimum Gasteiger partial charge on any atom is -0.366 e. The molecule has 8 nitrogen and oxygen atoms in total. The number of benzene rings is 2. The van der Waals surface area contributed by atoms with Gasteiger partial charge in [-0.15, -0.1) is 0 Å². The van der Waals surface area contributed by atoms with Crippen molar-refractivity contribution in [3.63, 3.8) is 0 Å². The van der Waals surface area contributed by atoms with E-state index in [9.17, 15) is 31.2 Å². The Balaban J connectivity index is 1.51. The minimum absolute atomic E-state index is 0.0193. The van der Waals surface area contributed by atoms with Crippen LogP contribution in [0.1, 0.15) is 31.4 Å². The van der Waals surface area contributed by atoms with Gasteiger partial charge in [-0.25, -0.2) is 18.0 Å². The zero-order chi connectivity index (χ0) is 26.3. The van der Waals surface area contributed by atoms with Crippen LogP contribution in [0.25, 0.3) is 0 Å². The molecule has 2 amide bonds. The Morgan fingerprint density at radius 3 is 2.33 bits per heavy atom. The fraction of sp³-hybridized carbons (Fsp3) is 0.375. The number of nitriles is 1. The van der Waals surface area contributed by atoms with E-state index in [2.05, 4.69) is 4.72 Å². The second-order valence-electron chi connectivity index (χ2n) is 9.60. The Bertz CT molecular complexity index is 1440. The average molecular weight is 520 g/mol. The molecule has 0 radical (unpaired) electrons. The van der Waals surface area contributed by atoms with Crippen molar-refractivity contribution >= 4 is 27.5 Å². The van der Waals surface area contributed by atoms with Gasteiger partial charge in [0, 0.05) is 0 Å². The quantitative estimate of drug-likeness (QED) is 0.621. The number of ether oxygens (including phenoxy) is 1. The van der Waals surface area contributed by atoms with Gasteiger partial charge in [-0.1, -0.05) is 18.2 Å². The van der Waals surface area contributed by atoms with Crippen LogP contribution in [-0.2, 0) is 30.5 Å². The van der Waals surface area contributed by atoms with Gasteiger partial charge in [0.1, 0.15) is 0 Å². The highest BCUT2D eigenvalue weighted by Gasteiger charge is 2.76. The molecule has 0 aliphatic carbocycles. The first kappa shape index (κ1) is 24.4. The molecule has 3 aliphatic rings. The number of carbonyl (C=O) groups excluding carboxylic acids is 2. The molecule has 3 unspecified atom stereocenters. The van der Waals surface area contributed by atoms with Crippen LogP contribution in [0.5, 0.6) is 0 Å². The second kappa shape index (κ2) is 7.61. The summed E-state index contributed by atoms with van der Waals surface area (Å²) in [5, 5.41) is 9.05. The van der Waals surface area contributed by atoms with E-state index in [0.29, 0.717) is 11.0 Å². The fourth-order valence-corrected chi connectivity index (χ4v) is 7.17. The highest BCUT2D eigenvalue weighted by atomic mass is 32.2. The Hall–Kier alpha value is -3.27. The summed E-state index contributed by atoms with van der Waals surface area (Å²) in [6, 6.07) is 10.9. The molecule has 0 saturated carbocycles. The Labute approximate surface area is 204 Å². The van der Waals surface area contributed by atoms with Crippen molar-refractivity contribution in [1.82, 2.24) is 4.72 Å². The number of nitrogens with one attached hydrogen (secondary N) is 1. The standard InChI is InChI=1S/C24H20F3N3O5S/c1-22-11-17(29-36(33,34)15-6-4-3-5-7-15)23(2,35-22)19-18(22)20(31)30(21(19)32)14-9-8-13(12-28)16(10-14)24(25,26)27/h3-10,17-19,29H,11H2,1-2H3/t17?,18?,19?,22-,23+/m1/s1. The first-order valence-corrected chi connectivity index (χ1v) is 12.5. The third-order valence-electron chi connectivity index (χ3n) is 7.37. The van der Waals surface area contributed by atoms with E-state index in [-0.39, 0.29) is 17.0 Å². The number of hydrogen-bond donors (Lipinski definition) is 1. The first-order valence-electron chi connectivity index (χ1n) is 11.0. The molecule has 2 aromatic carbocycles. The summed E-state index contributed by atoms with van der Waals surface area (Å²) < 4.78 is 75.2. The van der Waals surface area contributed by atoms with Gasteiger partial charge < -0.3 is 4.74 Å². The average Bonchev–Trinajstić information content (AvgIpc) is 3.33. The lowest BCUT2D eigenvalue weighted by Crippen LogP contribution is -2.56. The molecule has 2 bridgehead atoms. The van der Waals surface area contributed by atoms with E-state index < -0.39 is 68.2 Å². The van der Waals surface area contributed by atoms with Crippen LogP contribution in [0.3, 0.4) is 0 Å². The largest absolute Gasteiger partial charge is 0.417 e. The number of rotatable bonds is 4. The number of halogens is 3. The molecule has 3 heterocycles. The van der Waals surface area contributed by atoms with E-state index >= 15 is 0 Å². The van der Waals surface area contributed by atoms with E-state index in [1.807, 2.05) is 0 Å². The Morgan fingerprint density at radius 1 is 1.08 bits per heavy atom. The number of nitrogens with zero attached hydrogens (tertiary/aromatic N) is 2. The predicted molar refractivity (Wildman–Crippen MR) is 119 cm³/mol. The molecule has 0 spiro atoms. The number of fused-ring (bicyclic) bond motifs is 5. The molecule has 5 atom stereocenters. The van der Waals surface area contributed by atoms with Crippen LogP contribution < -0.4 is 9.62 Å². The third kappa shape index (κ3) is 3.37. The lowest BCUT2D eigenvalue weighted by Gasteiger charge is -2.35. The SMILES string of the molecule is C[C@]12O[C@](C)(CC1NS(=O)(=O)c1ccccc1)C1C(=O)N(c3ccc(C#N)c(C(F)(F)F)c3)C(=O)C12. The van der Waals surface area contributed by atoms with Crippen molar-refractivity contribution < 1.29 is 35.9 Å². The van der Waals surface area contributed by atoms with E-state index in [4.69, 9.17) is 10.00 Å². The molecule has 0 aromatic heterocycles. The first-order chi connectivity index (χ1) is 16.7. The van der Waals surface area contributed by atoms with Crippen LogP contribution in [0.2, 0.25) is 0 Å². The number of sulfonamides is 1. The third-order valence-corrected chi connectivity index (χ3v) is 8.86. The van der Waals surface area contributed by atoms with Gasteiger partial charge in [0.2, 0.25) is 21.8 Å². The topological polar surface area (TPSA) is 117 Å².